The van der Waals surface area contributed by atoms with E-state index in [-0.39, 0.29) is 25.7 Å². The van der Waals surface area contributed by atoms with Crippen LogP contribution >= 0.6 is 15.6 Å². The summed E-state index contributed by atoms with van der Waals surface area (Å²) in [6.07, 6.45) is 47.1. The number of phosphoric acid groups is 2. The molecule has 0 spiro atoms. The smallest absolute Gasteiger partial charge is 0.462 e. The number of phosphoric ester groups is 2. The van der Waals surface area contributed by atoms with Crippen LogP contribution < -0.4 is 0 Å². The van der Waals surface area contributed by atoms with Crippen LogP contribution in [0.1, 0.15) is 356 Å². The van der Waals surface area contributed by atoms with Gasteiger partial charge < -0.3 is 33.8 Å². The molecule has 19 heteroatoms. The van der Waals surface area contributed by atoms with E-state index in [1.807, 2.05) is 0 Å². The van der Waals surface area contributed by atoms with E-state index >= 15 is 0 Å². The number of rotatable bonds is 69. The maximum absolute atomic E-state index is 13.0. The predicted molar refractivity (Wildman–Crippen MR) is 358 cm³/mol. The molecule has 0 aliphatic heterocycles. The summed E-state index contributed by atoms with van der Waals surface area (Å²) in [6, 6.07) is 0. The van der Waals surface area contributed by atoms with Crippen molar-refractivity contribution in [3.05, 3.63) is 0 Å². The van der Waals surface area contributed by atoms with Gasteiger partial charge in [0.1, 0.15) is 19.3 Å². The predicted octanol–water partition coefficient (Wildman–Crippen LogP) is 20.0. The van der Waals surface area contributed by atoms with Gasteiger partial charge in [0.25, 0.3) is 0 Å². The van der Waals surface area contributed by atoms with Crippen LogP contribution in [0.4, 0.5) is 0 Å². The van der Waals surface area contributed by atoms with Crippen LogP contribution in [-0.4, -0.2) is 96.7 Å². The molecule has 0 aromatic heterocycles. The number of carbonyl (C=O) groups excluding carboxylic acids is 4. The van der Waals surface area contributed by atoms with Crippen molar-refractivity contribution in [3.8, 4) is 0 Å². The molecular formula is C70H136O17P2. The highest BCUT2D eigenvalue weighted by Gasteiger charge is 2.30. The summed E-state index contributed by atoms with van der Waals surface area (Å²) in [5.41, 5.74) is 0. The van der Waals surface area contributed by atoms with Gasteiger partial charge in [-0.2, -0.15) is 0 Å². The SMILES string of the molecule is CCCCCCCCCCCCC(=O)O[C@H](COC(=O)CCCCCCCCCC)COP(=O)(O)OC[C@H](O)COP(=O)(O)OC[C@@H](COC(=O)CCCCCCCCCCCCC(C)C)OC(=O)CCCCCCCCCCCCCCCCC(C)CC. The second kappa shape index (κ2) is 62.2. The first-order valence-corrected chi connectivity index (χ1v) is 39.5. The Labute approximate surface area is 543 Å². The fraction of sp³-hybridized carbons (Fsp3) is 0.943. The molecule has 0 heterocycles. The number of carbonyl (C=O) groups is 4. The molecule has 528 valence electrons. The van der Waals surface area contributed by atoms with Gasteiger partial charge in [-0.05, 0) is 37.5 Å². The number of aliphatic hydroxyl groups is 1. The molecule has 6 atom stereocenters. The number of aliphatic hydroxyl groups excluding tert-OH is 1. The van der Waals surface area contributed by atoms with E-state index in [0.29, 0.717) is 25.7 Å². The minimum Gasteiger partial charge on any atom is -0.462 e. The van der Waals surface area contributed by atoms with E-state index in [1.165, 1.54) is 167 Å². The molecule has 0 aromatic carbocycles. The zero-order valence-electron chi connectivity index (χ0n) is 57.7. The number of unbranched alkanes of at least 4 members (excludes halogenated alkanes) is 38. The highest BCUT2D eigenvalue weighted by atomic mass is 31.2. The lowest BCUT2D eigenvalue weighted by Crippen LogP contribution is -2.30. The van der Waals surface area contributed by atoms with Crippen LogP contribution in [0, 0.1) is 11.8 Å². The van der Waals surface area contributed by atoms with Gasteiger partial charge in [-0.3, -0.25) is 37.3 Å². The molecule has 3 N–H and O–H groups in total. The summed E-state index contributed by atoms with van der Waals surface area (Å²) >= 11 is 0. The van der Waals surface area contributed by atoms with E-state index in [0.717, 1.165) is 108 Å². The average Bonchev–Trinajstić information content (AvgIpc) is 3.64. The number of ether oxygens (including phenoxy) is 4. The standard InChI is InChI=1S/C70H136O17P2/c1-7-10-12-14-16-18-29-36-42-48-54-69(74)86-65(58-80-67(72)52-46-40-34-17-15-13-11-8-2)60-84-88(76,77)82-56-64(71)57-83-89(78,79)85-61-66(59-81-68(73)53-47-41-35-30-26-25-27-32-38-44-50-62(4)5)87-70(75)55-49-43-37-31-24-22-20-19-21-23-28-33-39-45-51-63(6)9-3/h62-66,71H,7-61H2,1-6H3,(H,76,77)(H,78,79)/t63?,64-,65+,66+/m0/s1. The number of esters is 4. The largest absolute Gasteiger partial charge is 0.472 e. The lowest BCUT2D eigenvalue weighted by atomic mass is 9.99. The van der Waals surface area contributed by atoms with Gasteiger partial charge in [0.15, 0.2) is 12.2 Å². The van der Waals surface area contributed by atoms with Crippen molar-refractivity contribution in [2.24, 2.45) is 11.8 Å². The molecule has 0 aliphatic carbocycles. The monoisotopic (exact) mass is 1310 g/mol. The Morgan fingerprint density at radius 3 is 0.854 bits per heavy atom. The van der Waals surface area contributed by atoms with Gasteiger partial charge in [-0.25, -0.2) is 9.13 Å². The molecule has 0 aromatic rings. The Kier molecular flexibility index (Phi) is 60.8. The summed E-state index contributed by atoms with van der Waals surface area (Å²) in [5.74, 6) is -0.522. The summed E-state index contributed by atoms with van der Waals surface area (Å²) in [5, 5.41) is 10.6. The Balaban J connectivity index is 5.21. The molecule has 3 unspecified atom stereocenters. The van der Waals surface area contributed by atoms with Gasteiger partial charge in [0, 0.05) is 25.7 Å². The Morgan fingerprint density at radius 2 is 0.573 bits per heavy atom. The van der Waals surface area contributed by atoms with E-state index in [9.17, 15) is 43.2 Å². The molecule has 0 rings (SSSR count). The highest BCUT2D eigenvalue weighted by Crippen LogP contribution is 2.45. The lowest BCUT2D eigenvalue weighted by Gasteiger charge is -2.21. The van der Waals surface area contributed by atoms with Crippen molar-refractivity contribution >= 4 is 39.5 Å². The molecule has 17 nitrogen and oxygen atoms in total. The summed E-state index contributed by atoms with van der Waals surface area (Å²) in [7, 11) is -9.89. The molecule has 0 saturated carbocycles. The molecule has 0 saturated heterocycles. The Bertz CT molecular complexity index is 1740. The fourth-order valence-electron chi connectivity index (χ4n) is 10.6. The maximum Gasteiger partial charge on any atom is 0.472 e. The molecular weight excluding hydrogens is 1170 g/mol. The van der Waals surface area contributed by atoms with Crippen LogP contribution in [0.15, 0.2) is 0 Å². The minimum absolute atomic E-state index is 0.106. The summed E-state index contributed by atoms with van der Waals surface area (Å²) in [4.78, 5) is 72.4. The first-order valence-electron chi connectivity index (χ1n) is 36.5. The van der Waals surface area contributed by atoms with Gasteiger partial charge in [0.2, 0.25) is 0 Å². The van der Waals surface area contributed by atoms with Crippen molar-refractivity contribution < 1.29 is 80.2 Å². The molecule has 0 fully saturated rings. The molecule has 0 aliphatic rings. The van der Waals surface area contributed by atoms with Crippen molar-refractivity contribution in [1.82, 2.24) is 0 Å². The van der Waals surface area contributed by atoms with Crippen LogP contribution in [0.2, 0.25) is 0 Å². The molecule has 0 radical (unpaired) electrons. The fourth-order valence-corrected chi connectivity index (χ4v) is 12.1. The van der Waals surface area contributed by atoms with E-state index in [2.05, 4.69) is 41.5 Å². The third kappa shape index (κ3) is 63.2. The van der Waals surface area contributed by atoms with Crippen LogP contribution in [0.5, 0.6) is 0 Å². The van der Waals surface area contributed by atoms with Crippen molar-refractivity contribution in [2.45, 2.75) is 374 Å². The quantitative estimate of drug-likeness (QED) is 0.0222. The summed E-state index contributed by atoms with van der Waals surface area (Å²) < 4.78 is 68.2. The van der Waals surface area contributed by atoms with Crippen LogP contribution in [0.3, 0.4) is 0 Å². The number of hydrogen-bond donors (Lipinski definition) is 3. The first-order chi connectivity index (χ1) is 42.9. The lowest BCUT2D eigenvalue weighted by molar-refractivity contribution is -0.161. The highest BCUT2D eigenvalue weighted by molar-refractivity contribution is 7.47. The van der Waals surface area contributed by atoms with Crippen molar-refractivity contribution in [1.29, 1.82) is 0 Å². The van der Waals surface area contributed by atoms with Gasteiger partial charge >= 0.3 is 39.5 Å². The second-order valence-electron chi connectivity index (χ2n) is 26.0. The zero-order chi connectivity index (χ0) is 65.7. The minimum atomic E-state index is -4.95. The second-order valence-corrected chi connectivity index (χ2v) is 28.9. The van der Waals surface area contributed by atoms with Crippen molar-refractivity contribution in [2.75, 3.05) is 39.6 Å². The van der Waals surface area contributed by atoms with Gasteiger partial charge in [0.05, 0.1) is 26.4 Å². The first kappa shape index (κ1) is 87.1. The van der Waals surface area contributed by atoms with E-state index in [4.69, 9.17) is 37.0 Å². The average molecular weight is 1310 g/mol. The Hall–Kier alpha value is -1.94. The zero-order valence-corrected chi connectivity index (χ0v) is 59.5. The van der Waals surface area contributed by atoms with Gasteiger partial charge in [-0.15, -0.1) is 0 Å². The Morgan fingerprint density at radius 1 is 0.326 bits per heavy atom. The maximum atomic E-state index is 13.0. The third-order valence-electron chi connectivity index (χ3n) is 16.6. The van der Waals surface area contributed by atoms with E-state index < -0.39 is 97.5 Å². The normalized spacial score (nSPS) is 14.4. The molecule has 0 bridgehead atoms. The third-order valence-corrected chi connectivity index (χ3v) is 18.5. The van der Waals surface area contributed by atoms with Crippen molar-refractivity contribution in [3.63, 3.8) is 0 Å². The van der Waals surface area contributed by atoms with Crippen LogP contribution in [0.25, 0.3) is 0 Å². The van der Waals surface area contributed by atoms with Gasteiger partial charge in [-0.1, -0.05) is 305 Å². The summed E-state index contributed by atoms with van der Waals surface area (Å²) in [6.45, 7) is 9.56. The molecule has 0 amide bonds. The van der Waals surface area contributed by atoms with Crippen LogP contribution in [-0.2, 0) is 65.4 Å². The molecule has 89 heavy (non-hydrogen) atoms. The topological polar surface area (TPSA) is 237 Å². The van der Waals surface area contributed by atoms with E-state index in [1.54, 1.807) is 0 Å². The number of hydrogen-bond acceptors (Lipinski definition) is 15.